The summed E-state index contributed by atoms with van der Waals surface area (Å²) in [7, 11) is 0. The lowest BCUT2D eigenvalue weighted by Gasteiger charge is -2.25. The molecule has 0 bridgehead atoms. The number of amides is 1. The van der Waals surface area contributed by atoms with Gasteiger partial charge in [-0.2, -0.15) is 0 Å². The minimum Gasteiger partial charge on any atom is -0.490 e. The Morgan fingerprint density at radius 1 is 1.43 bits per heavy atom. The van der Waals surface area contributed by atoms with Crippen molar-refractivity contribution < 1.29 is 9.53 Å². The summed E-state index contributed by atoms with van der Waals surface area (Å²) in [5, 5.41) is 3.28. The molecule has 0 aromatic heterocycles. The van der Waals surface area contributed by atoms with Crippen LogP contribution in [0.15, 0.2) is 36.9 Å². The summed E-state index contributed by atoms with van der Waals surface area (Å²) in [6.45, 7) is 9.69. The number of hydrogen-bond donors (Lipinski definition) is 1. The first-order valence-electron chi connectivity index (χ1n) is 7.48. The Bertz CT molecular complexity index is 482. The number of benzene rings is 1. The average Bonchev–Trinajstić information content (AvgIpc) is 2.84. The first-order chi connectivity index (χ1) is 10.1. The number of hydrogen-bond acceptors (Lipinski definition) is 3. The summed E-state index contributed by atoms with van der Waals surface area (Å²) in [5.74, 6) is 1.58. The van der Waals surface area contributed by atoms with Crippen molar-refractivity contribution >= 4 is 5.91 Å². The SMILES string of the molecule is C=CCOc1ccc(C2NCC(=O)N2CCC(C)C)cc1. The third kappa shape index (κ3) is 4.08. The summed E-state index contributed by atoms with van der Waals surface area (Å²) in [6.07, 6.45) is 2.72. The van der Waals surface area contributed by atoms with Crippen LogP contribution in [0, 0.1) is 5.92 Å². The van der Waals surface area contributed by atoms with Gasteiger partial charge in [0, 0.05) is 6.54 Å². The number of nitrogens with one attached hydrogen (secondary N) is 1. The molecule has 1 aliphatic rings. The average molecular weight is 288 g/mol. The molecular formula is C17H24N2O2. The van der Waals surface area contributed by atoms with E-state index < -0.39 is 0 Å². The largest absolute Gasteiger partial charge is 0.490 e. The summed E-state index contributed by atoms with van der Waals surface area (Å²) in [4.78, 5) is 13.9. The van der Waals surface area contributed by atoms with Crippen molar-refractivity contribution in [3.63, 3.8) is 0 Å². The molecule has 21 heavy (non-hydrogen) atoms. The van der Waals surface area contributed by atoms with E-state index in [9.17, 15) is 4.79 Å². The summed E-state index contributed by atoms with van der Waals surface area (Å²) >= 11 is 0. The molecule has 1 aliphatic heterocycles. The van der Waals surface area contributed by atoms with Gasteiger partial charge in [0.15, 0.2) is 0 Å². The number of rotatable bonds is 7. The second-order valence-electron chi connectivity index (χ2n) is 5.72. The highest BCUT2D eigenvalue weighted by molar-refractivity contribution is 5.80. The van der Waals surface area contributed by atoms with Gasteiger partial charge in [0.05, 0.1) is 6.54 Å². The highest BCUT2D eigenvalue weighted by Crippen LogP contribution is 2.25. The van der Waals surface area contributed by atoms with Crippen molar-refractivity contribution in [2.75, 3.05) is 19.7 Å². The van der Waals surface area contributed by atoms with Crippen molar-refractivity contribution in [1.82, 2.24) is 10.2 Å². The molecule has 1 amide bonds. The minimum atomic E-state index is -0.0234. The van der Waals surface area contributed by atoms with Crippen LogP contribution >= 0.6 is 0 Å². The number of carbonyl (C=O) groups excluding carboxylic acids is 1. The fraction of sp³-hybridized carbons (Fsp3) is 0.471. The Morgan fingerprint density at radius 2 is 2.14 bits per heavy atom. The molecule has 2 rings (SSSR count). The van der Waals surface area contributed by atoms with E-state index in [1.165, 1.54) is 0 Å². The van der Waals surface area contributed by atoms with E-state index in [0.717, 1.165) is 24.3 Å². The van der Waals surface area contributed by atoms with Gasteiger partial charge in [0.2, 0.25) is 5.91 Å². The molecule has 1 aromatic carbocycles. The van der Waals surface area contributed by atoms with Crippen LogP contribution in [0.4, 0.5) is 0 Å². The van der Waals surface area contributed by atoms with Crippen LogP contribution in [-0.4, -0.2) is 30.5 Å². The Morgan fingerprint density at radius 3 is 2.76 bits per heavy atom. The summed E-state index contributed by atoms with van der Waals surface area (Å²) < 4.78 is 5.48. The van der Waals surface area contributed by atoms with Crippen molar-refractivity contribution in [2.24, 2.45) is 5.92 Å². The molecule has 0 spiro atoms. The lowest BCUT2D eigenvalue weighted by atomic mass is 10.1. The van der Waals surface area contributed by atoms with Crippen LogP contribution in [0.25, 0.3) is 0 Å². The number of carbonyl (C=O) groups is 1. The van der Waals surface area contributed by atoms with Gasteiger partial charge < -0.3 is 9.64 Å². The van der Waals surface area contributed by atoms with Gasteiger partial charge in [-0.05, 0) is 30.0 Å². The second-order valence-corrected chi connectivity index (χ2v) is 5.72. The van der Waals surface area contributed by atoms with E-state index in [0.29, 0.717) is 19.1 Å². The predicted molar refractivity (Wildman–Crippen MR) is 84.0 cm³/mol. The molecule has 0 radical (unpaired) electrons. The third-order valence-corrected chi connectivity index (χ3v) is 3.59. The highest BCUT2D eigenvalue weighted by Gasteiger charge is 2.31. The zero-order chi connectivity index (χ0) is 15.2. The molecule has 1 saturated heterocycles. The monoisotopic (exact) mass is 288 g/mol. The first kappa shape index (κ1) is 15.6. The highest BCUT2D eigenvalue weighted by atomic mass is 16.5. The molecule has 1 atom stereocenters. The predicted octanol–water partition coefficient (Wildman–Crippen LogP) is 2.73. The smallest absolute Gasteiger partial charge is 0.238 e. The summed E-state index contributed by atoms with van der Waals surface area (Å²) in [6, 6.07) is 7.89. The maximum atomic E-state index is 12.0. The molecule has 1 aromatic rings. The number of nitrogens with zero attached hydrogens (tertiary/aromatic N) is 1. The Labute approximate surface area is 126 Å². The van der Waals surface area contributed by atoms with Crippen molar-refractivity contribution in [1.29, 1.82) is 0 Å². The van der Waals surface area contributed by atoms with E-state index in [4.69, 9.17) is 4.74 Å². The maximum Gasteiger partial charge on any atom is 0.238 e. The normalized spacial score (nSPS) is 18.3. The molecule has 114 valence electrons. The molecule has 0 saturated carbocycles. The first-order valence-corrected chi connectivity index (χ1v) is 7.48. The Hall–Kier alpha value is -1.81. The van der Waals surface area contributed by atoms with E-state index in [1.54, 1.807) is 6.08 Å². The standard InChI is InChI=1S/C17H24N2O2/c1-4-11-21-15-7-5-14(6-8-15)17-18-12-16(20)19(17)10-9-13(2)3/h4-8,13,17-18H,1,9-12H2,2-3H3. The second kappa shape index (κ2) is 7.27. The summed E-state index contributed by atoms with van der Waals surface area (Å²) in [5.41, 5.74) is 1.09. The van der Waals surface area contributed by atoms with Gasteiger partial charge in [0.25, 0.3) is 0 Å². The van der Waals surface area contributed by atoms with Crippen LogP contribution in [0.1, 0.15) is 32.0 Å². The van der Waals surface area contributed by atoms with Crippen LogP contribution in [0.3, 0.4) is 0 Å². The van der Waals surface area contributed by atoms with E-state index in [1.807, 2.05) is 29.2 Å². The van der Waals surface area contributed by atoms with Crippen molar-refractivity contribution in [3.05, 3.63) is 42.5 Å². The minimum absolute atomic E-state index is 0.0234. The fourth-order valence-corrected chi connectivity index (χ4v) is 2.39. The molecule has 4 heteroatoms. The lowest BCUT2D eigenvalue weighted by molar-refractivity contribution is -0.128. The van der Waals surface area contributed by atoms with Crippen LogP contribution in [-0.2, 0) is 4.79 Å². The van der Waals surface area contributed by atoms with Crippen molar-refractivity contribution in [2.45, 2.75) is 26.4 Å². The zero-order valence-corrected chi connectivity index (χ0v) is 12.8. The molecule has 1 heterocycles. The zero-order valence-electron chi connectivity index (χ0n) is 12.8. The molecule has 4 nitrogen and oxygen atoms in total. The number of ether oxygens (including phenoxy) is 1. The van der Waals surface area contributed by atoms with E-state index >= 15 is 0 Å². The molecule has 1 N–H and O–H groups in total. The molecule has 0 aliphatic carbocycles. The van der Waals surface area contributed by atoms with E-state index in [2.05, 4.69) is 25.7 Å². The maximum absolute atomic E-state index is 12.0. The van der Waals surface area contributed by atoms with Gasteiger partial charge in [-0.15, -0.1) is 0 Å². The third-order valence-electron chi connectivity index (χ3n) is 3.59. The van der Waals surface area contributed by atoms with Crippen LogP contribution in [0.5, 0.6) is 5.75 Å². The fourth-order valence-electron chi connectivity index (χ4n) is 2.39. The Kier molecular flexibility index (Phi) is 5.39. The quantitative estimate of drug-likeness (QED) is 0.784. The van der Waals surface area contributed by atoms with Gasteiger partial charge in [-0.25, -0.2) is 0 Å². The Balaban J connectivity index is 2.04. The topological polar surface area (TPSA) is 41.6 Å². The molecular weight excluding hydrogens is 264 g/mol. The molecule has 1 unspecified atom stereocenters. The van der Waals surface area contributed by atoms with Gasteiger partial charge >= 0.3 is 0 Å². The van der Waals surface area contributed by atoms with Crippen LogP contribution < -0.4 is 10.1 Å². The van der Waals surface area contributed by atoms with Gasteiger partial charge in [-0.3, -0.25) is 10.1 Å². The van der Waals surface area contributed by atoms with Gasteiger partial charge in [0.1, 0.15) is 18.5 Å². The van der Waals surface area contributed by atoms with Gasteiger partial charge in [-0.1, -0.05) is 38.6 Å². The van der Waals surface area contributed by atoms with Crippen molar-refractivity contribution in [3.8, 4) is 5.75 Å². The van der Waals surface area contributed by atoms with Crippen LogP contribution in [0.2, 0.25) is 0 Å². The lowest BCUT2D eigenvalue weighted by Crippen LogP contribution is -2.31. The molecule has 1 fully saturated rings. The van der Waals surface area contributed by atoms with E-state index in [-0.39, 0.29) is 12.1 Å².